The summed E-state index contributed by atoms with van der Waals surface area (Å²) in [6.45, 7) is 1.25. The first-order valence-electron chi connectivity index (χ1n) is 8.17. The molecule has 0 bridgehead atoms. The van der Waals surface area contributed by atoms with E-state index in [-0.39, 0.29) is 18.9 Å². The highest BCUT2D eigenvalue weighted by atomic mass is 16.5. The van der Waals surface area contributed by atoms with E-state index >= 15 is 0 Å². The van der Waals surface area contributed by atoms with Gasteiger partial charge in [-0.2, -0.15) is 0 Å². The van der Waals surface area contributed by atoms with Gasteiger partial charge in [0.05, 0.1) is 26.2 Å². The number of ether oxygens (including phenoxy) is 1. The lowest BCUT2D eigenvalue weighted by atomic mass is 9.93. The van der Waals surface area contributed by atoms with Crippen LogP contribution in [0.3, 0.4) is 0 Å². The Morgan fingerprint density at radius 2 is 2.00 bits per heavy atom. The molecule has 1 unspecified atom stereocenters. The van der Waals surface area contributed by atoms with E-state index in [0.29, 0.717) is 26.1 Å². The van der Waals surface area contributed by atoms with Gasteiger partial charge in [0, 0.05) is 24.9 Å². The number of amides is 1. The second-order valence-corrected chi connectivity index (χ2v) is 6.17. The van der Waals surface area contributed by atoms with Gasteiger partial charge in [-0.25, -0.2) is 0 Å². The van der Waals surface area contributed by atoms with Crippen LogP contribution in [-0.4, -0.2) is 52.8 Å². The van der Waals surface area contributed by atoms with Crippen molar-refractivity contribution >= 4 is 5.91 Å². The van der Waals surface area contributed by atoms with Crippen molar-refractivity contribution in [2.75, 3.05) is 26.3 Å². The van der Waals surface area contributed by atoms with Crippen LogP contribution in [-0.2, 0) is 22.4 Å². The van der Waals surface area contributed by atoms with Crippen molar-refractivity contribution in [2.45, 2.75) is 18.4 Å². The zero-order valence-corrected chi connectivity index (χ0v) is 13.6. The number of morpholine rings is 1. The molecular weight excluding hydrogens is 304 g/mol. The standard InChI is InChI=1S/C19H22N2O3/c22-15-19(13-16-6-2-1-3-7-16)14-21(10-11-24-19)18(23)12-17-8-4-5-9-20-17/h1-9,22H,10-15H2. The minimum atomic E-state index is -0.737. The first-order valence-corrected chi connectivity index (χ1v) is 8.17. The predicted octanol–water partition coefficient (Wildman–Crippen LogP) is 1.46. The minimum absolute atomic E-state index is 0.0166. The highest BCUT2D eigenvalue weighted by Gasteiger charge is 2.38. The summed E-state index contributed by atoms with van der Waals surface area (Å²) in [6, 6.07) is 15.5. The Bertz CT molecular complexity index is 663. The molecule has 0 radical (unpaired) electrons. The molecule has 2 aromatic rings. The monoisotopic (exact) mass is 326 g/mol. The highest BCUT2D eigenvalue weighted by Crippen LogP contribution is 2.23. The number of hydrogen-bond acceptors (Lipinski definition) is 4. The molecule has 5 heteroatoms. The molecule has 126 valence electrons. The van der Waals surface area contributed by atoms with Gasteiger partial charge in [0.25, 0.3) is 0 Å². The number of aliphatic hydroxyl groups excluding tert-OH is 1. The molecule has 24 heavy (non-hydrogen) atoms. The van der Waals surface area contributed by atoms with Crippen molar-refractivity contribution in [1.29, 1.82) is 0 Å². The molecule has 1 aromatic heterocycles. The fourth-order valence-electron chi connectivity index (χ4n) is 3.05. The molecule has 2 heterocycles. The van der Waals surface area contributed by atoms with E-state index in [0.717, 1.165) is 11.3 Å². The first kappa shape index (κ1) is 16.6. The van der Waals surface area contributed by atoms with Crippen molar-refractivity contribution < 1.29 is 14.6 Å². The third-order valence-corrected chi connectivity index (χ3v) is 4.32. The van der Waals surface area contributed by atoms with Crippen LogP contribution in [0, 0.1) is 0 Å². The zero-order chi connectivity index (χ0) is 16.8. The summed E-state index contributed by atoms with van der Waals surface area (Å²) in [5.41, 5.74) is 1.11. The van der Waals surface area contributed by atoms with Gasteiger partial charge in [-0.05, 0) is 17.7 Å². The Kier molecular flexibility index (Phi) is 5.23. The topological polar surface area (TPSA) is 62.7 Å². The van der Waals surface area contributed by atoms with Crippen molar-refractivity contribution in [3.8, 4) is 0 Å². The molecule has 1 aliphatic heterocycles. The largest absolute Gasteiger partial charge is 0.393 e. The average Bonchev–Trinajstić information content (AvgIpc) is 2.63. The molecule has 1 aliphatic rings. The summed E-state index contributed by atoms with van der Waals surface area (Å²) in [5.74, 6) is 0.0166. The van der Waals surface area contributed by atoms with Gasteiger partial charge < -0.3 is 14.7 Å². The third kappa shape index (κ3) is 3.99. The molecule has 0 saturated carbocycles. The van der Waals surface area contributed by atoms with Crippen LogP contribution in [0.2, 0.25) is 0 Å². The number of carbonyl (C=O) groups is 1. The number of nitrogens with zero attached hydrogens (tertiary/aromatic N) is 2. The van der Waals surface area contributed by atoms with Crippen LogP contribution in [0.5, 0.6) is 0 Å². The molecule has 3 rings (SSSR count). The van der Waals surface area contributed by atoms with Crippen molar-refractivity contribution in [3.63, 3.8) is 0 Å². The Morgan fingerprint density at radius 1 is 1.21 bits per heavy atom. The fourth-order valence-corrected chi connectivity index (χ4v) is 3.05. The maximum Gasteiger partial charge on any atom is 0.228 e. The van der Waals surface area contributed by atoms with Gasteiger partial charge in [0.2, 0.25) is 5.91 Å². The number of rotatable bonds is 5. The number of aliphatic hydroxyl groups is 1. The molecule has 1 saturated heterocycles. The summed E-state index contributed by atoms with van der Waals surface area (Å²) in [5, 5.41) is 9.92. The maximum absolute atomic E-state index is 12.6. The van der Waals surface area contributed by atoms with E-state index in [1.807, 2.05) is 48.5 Å². The molecule has 1 aromatic carbocycles. The van der Waals surface area contributed by atoms with Gasteiger partial charge in [0.1, 0.15) is 5.60 Å². The Hall–Kier alpha value is -2.24. The second kappa shape index (κ2) is 7.55. The van der Waals surface area contributed by atoms with Crippen LogP contribution < -0.4 is 0 Å². The SMILES string of the molecule is O=C(Cc1ccccn1)N1CCOC(CO)(Cc2ccccc2)C1. The average molecular weight is 326 g/mol. The van der Waals surface area contributed by atoms with Gasteiger partial charge in [-0.3, -0.25) is 9.78 Å². The predicted molar refractivity (Wildman–Crippen MR) is 90.4 cm³/mol. The van der Waals surface area contributed by atoms with Crippen molar-refractivity contribution in [1.82, 2.24) is 9.88 Å². The fraction of sp³-hybridized carbons (Fsp3) is 0.368. The molecular formula is C19H22N2O3. The molecule has 1 atom stereocenters. The van der Waals surface area contributed by atoms with E-state index in [1.165, 1.54) is 0 Å². The smallest absolute Gasteiger partial charge is 0.228 e. The van der Waals surface area contributed by atoms with E-state index in [2.05, 4.69) is 4.98 Å². The van der Waals surface area contributed by atoms with Gasteiger partial charge in [0.15, 0.2) is 0 Å². The first-order chi connectivity index (χ1) is 11.7. The van der Waals surface area contributed by atoms with E-state index in [1.54, 1.807) is 11.1 Å². The molecule has 0 spiro atoms. The van der Waals surface area contributed by atoms with Crippen LogP contribution in [0.25, 0.3) is 0 Å². The highest BCUT2D eigenvalue weighted by molar-refractivity contribution is 5.78. The Balaban J connectivity index is 1.68. The van der Waals surface area contributed by atoms with Crippen LogP contribution in [0.4, 0.5) is 0 Å². The minimum Gasteiger partial charge on any atom is -0.393 e. The molecule has 1 amide bonds. The van der Waals surface area contributed by atoms with Crippen LogP contribution in [0.1, 0.15) is 11.3 Å². The summed E-state index contributed by atoms with van der Waals surface area (Å²) >= 11 is 0. The van der Waals surface area contributed by atoms with E-state index < -0.39 is 5.60 Å². The van der Waals surface area contributed by atoms with Crippen molar-refractivity contribution in [3.05, 3.63) is 66.0 Å². The molecule has 1 N–H and O–H groups in total. The Morgan fingerprint density at radius 3 is 2.71 bits per heavy atom. The summed E-state index contributed by atoms with van der Waals surface area (Å²) in [7, 11) is 0. The number of hydrogen-bond donors (Lipinski definition) is 1. The summed E-state index contributed by atoms with van der Waals surface area (Å²) < 4.78 is 5.89. The normalized spacial score (nSPS) is 20.8. The lowest BCUT2D eigenvalue weighted by Crippen LogP contribution is -2.57. The summed E-state index contributed by atoms with van der Waals surface area (Å²) in [6.07, 6.45) is 2.54. The lowest BCUT2D eigenvalue weighted by molar-refractivity contribution is -0.157. The van der Waals surface area contributed by atoms with Gasteiger partial charge >= 0.3 is 0 Å². The van der Waals surface area contributed by atoms with Gasteiger partial charge in [-0.15, -0.1) is 0 Å². The molecule has 5 nitrogen and oxygen atoms in total. The van der Waals surface area contributed by atoms with Gasteiger partial charge in [-0.1, -0.05) is 36.4 Å². The lowest BCUT2D eigenvalue weighted by Gasteiger charge is -2.42. The number of benzene rings is 1. The van der Waals surface area contributed by atoms with Crippen LogP contribution in [0.15, 0.2) is 54.7 Å². The molecule has 1 fully saturated rings. The quantitative estimate of drug-likeness (QED) is 0.903. The van der Waals surface area contributed by atoms with Crippen molar-refractivity contribution in [2.24, 2.45) is 0 Å². The third-order valence-electron chi connectivity index (χ3n) is 4.32. The second-order valence-electron chi connectivity index (χ2n) is 6.17. The molecule has 0 aliphatic carbocycles. The number of pyridine rings is 1. The number of aromatic nitrogens is 1. The van der Waals surface area contributed by atoms with E-state index in [4.69, 9.17) is 4.74 Å². The van der Waals surface area contributed by atoms with Crippen LogP contribution >= 0.6 is 0 Å². The summed E-state index contributed by atoms with van der Waals surface area (Å²) in [4.78, 5) is 18.6. The number of carbonyl (C=O) groups excluding carboxylic acids is 1. The maximum atomic E-state index is 12.6. The Labute approximate surface area is 141 Å². The zero-order valence-electron chi connectivity index (χ0n) is 13.6. The van der Waals surface area contributed by atoms with E-state index in [9.17, 15) is 9.90 Å².